The van der Waals surface area contributed by atoms with E-state index in [0.717, 1.165) is 33.5 Å². The second-order valence-corrected chi connectivity index (χ2v) is 15.4. The minimum absolute atomic E-state index is 0. The number of phenolic OH excluding ortho intramolecular Hbond substituents is 1. The molecule has 1 N–H and O–H groups in total. The van der Waals surface area contributed by atoms with Crippen molar-refractivity contribution in [2.24, 2.45) is 0 Å². The zero-order valence-corrected chi connectivity index (χ0v) is 35.0. The Balaban J connectivity index is 0.00000684. The Hall–Kier alpha value is -5.57. The molecule has 0 atom stereocenters. The molecule has 0 amide bonds. The van der Waals surface area contributed by atoms with E-state index in [1.807, 2.05) is 138 Å². The van der Waals surface area contributed by atoms with Crippen LogP contribution in [-0.4, -0.2) is 19.6 Å². The molecule has 57 heavy (non-hydrogen) atoms. The first kappa shape index (κ1) is 27.9. The van der Waals surface area contributed by atoms with E-state index in [1.165, 1.54) is 0 Å². The number of aromatic hydroxyl groups is 1. The standard InChI is InChI=1S/C52H48N3O.Pt/c1-32(2)38-21-22-47(44(30-38)37-13-10-9-11-14-37)55-48-16-12-15-43(49(48)54-51(55)45-26-34(4)25-35(5)50(45)56)40-27-41(29-42(28-40)52(6,7)8)46-31-39(23-24-53-46)36-19-17-33(3)18-20-36;/h9-26,28-32,56H,1-8H3;/q-1;/i3D3,17D,18D,19D,20D,23D,24D,31D,32D;. The first-order chi connectivity index (χ1) is 31.3. The van der Waals surface area contributed by atoms with Crippen molar-refractivity contribution in [2.75, 3.05) is 0 Å². The van der Waals surface area contributed by atoms with Gasteiger partial charge in [0.05, 0.1) is 31.9 Å². The number of fused-ring (bicyclic) bond motifs is 1. The van der Waals surface area contributed by atoms with Gasteiger partial charge in [0.1, 0.15) is 11.6 Å². The van der Waals surface area contributed by atoms with Crippen molar-refractivity contribution in [1.82, 2.24) is 14.5 Å². The van der Waals surface area contributed by atoms with Gasteiger partial charge in [-0.2, -0.15) is 0 Å². The topological polar surface area (TPSA) is 50.9 Å². The first-order valence-corrected chi connectivity index (χ1v) is 18.5. The summed E-state index contributed by atoms with van der Waals surface area (Å²) in [6.07, 6.45) is -0.596. The van der Waals surface area contributed by atoms with Gasteiger partial charge in [0.15, 0.2) is 0 Å². The van der Waals surface area contributed by atoms with Gasteiger partial charge < -0.3 is 5.11 Å². The minimum atomic E-state index is -2.97. The third-order valence-corrected chi connectivity index (χ3v) is 10.0. The van der Waals surface area contributed by atoms with E-state index in [-0.39, 0.29) is 38.1 Å². The maximum atomic E-state index is 11.8. The third-order valence-electron chi connectivity index (χ3n) is 10.0. The number of aromatic nitrogens is 3. The summed E-state index contributed by atoms with van der Waals surface area (Å²) in [7, 11) is 0. The fourth-order valence-electron chi connectivity index (χ4n) is 7.05. The second kappa shape index (κ2) is 15.8. The van der Waals surface area contributed by atoms with E-state index < -0.39 is 77.3 Å². The van der Waals surface area contributed by atoms with E-state index in [4.69, 9.17) is 18.7 Å². The van der Waals surface area contributed by atoms with Crippen LogP contribution in [0.2, 0.25) is 0 Å². The molecule has 0 spiro atoms. The molecule has 5 heteroatoms. The molecule has 0 radical (unpaired) electrons. The molecule has 0 bridgehead atoms. The third kappa shape index (κ3) is 7.76. The second-order valence-electron chi connectivity index (χ2n) is 15.4. The van der Waals surface area contributed by atoms with E-state index in [2.05, 4.69) is 11.1 Å². The molecule has 0 fully saturated rings. The molecule has 0 aliphatic carbocycles. The van der Waals surface area contributed by atoms with Crippen molar-refractivity contribution < 1.29 is 41.3 Å². The molecule has 288 valence electrons. The summed E-state index contributed by atoms with van der Waals surface area (Å²) in [5, 5.41) is 11.8. The smallest absolute Gasteiger partial charge is 0.148 e. The molecule has 0 saturated carbocycles. The average molecular weight is 937 g/mol. The zero-order valence-electron chi connectivity index (χ0n) is 43.8. The maximum Gasteiger partial charge on any atom is 0.148 e. The maximum absolute atomic E-state index is 11.8. The van der Waals surface area contributed by atoms with Crippen LogP contribution in [0.5, 0.6) is 5.75 Å². The van der Waals surface area contributed by atoms with Crippen molar-refractivity contribution in [2.45, 2.75) is 66.6 Å². The van der Waals surface area contributed by atoms with Crippen LogP contribution < -0.4 is 0 Å². The molecule has 0 saturated heterocycles. The summed E-state index contributed by atoms with van der Waals surface area (Å²) < 4.78 is 96.5. The Morgan fingerprint density at radius 1 is 0.772 bits per heavy atom. The van der Waals surface area contributed by atoms with E-state index in [9.17, 15) is 6.48 Å². The van der Waals surface area contributed by atoms with Gasteiger partial charge in [0.2, 0.25) is 0 Å². The molecule has 8 aromatic rings. The van der Waals surface area contributed by atoms with Crippen molar-refractivity contribution in [3.8, 4) is 67.5 Å². The normalized spacial score (nSPS) is 14.8. The van der Waals surface area contributed by atoms with Crippen LogP contribution in [0.3, 0.4) is 0 Å². The van der Waals surface area contributed by atoms with Gasteiger partial charge in [-0.05, 0) is 95.7 Å². The number of hydrogen-bond donors (Lipinski definition) is 1. The molecule has 0 unspecified atom stereocenters. The van der Waals surface area contributed by atoms with Gasteiger partial charge in [0.25, 0.3) is 0 Å². The molecular weight excluding hydrogens is 878 g/mol. The number of rotatable bonds is 7. The molecule has 2 aromatic heterocycles. The summed E-state index contributed by atoms with van der Waals surface area (Å²) in [5.74, 6) is -0.376. The Labute approximate surface area is 367 Å². The van der Waals surface area contributed by atoms with Crippen LogP contribution in [0, 0.1) is 26.8 Å². The molecule has 4 nitrogen and oxygen atoms in total. The van der Waals surface area contributed by atoms with Gasteiger partial charge in [-0.3, -0.25) is 9.55 Å². The van der Waals surface area contributed by atoms with Crippen LogP contribution in [0.15, 0.2) is 133 Å². The van der Waals surface area contributed by atoms with Gasteiger partial charge in [0, 0.05) is 44.0 Å². The molecule has 0 aliphatic heterocycles. The van der Waals surface area contributed by atoms with Crippen molar-refractivity contribution >= 4 is 11.0 Å². The number of phenols is 1. The number of imidazole rings is 1. The monoisotopic (exact) mass is 936 g/mol. The number of para-hydroxylation sites is 1. The summed E-state index contributed by atoms with van der Waals surface area (Å²) in [6.45, 7) is 10.6. The van der Waals surface area contributed by atoms with Gasteiger partial charge in [-0.1, -0.05) is 136 Å². The largest absolute Gasteiger partial charge is 0.507 e. The molecule has 0 aliphatic rings. The fraction of sp³-hybridized carbons (Fsp3) is 0.192. The van der Waals surface area contributed by atoms with Gasteiger partial charge in [-0.15, -0.1) is 29.3 Å². The first-order valence-electron chi connectivity index (χ1n) is 24.0. The zero-order chi connectivity index (χ0) is 48.8. The van der Waals surface area contributed by atoms with Gasteiger partial charge in [-0.25, -0.2) is 4.98 Å². The molecule has 2 heterocycles. The van der Waals surface area contributed by atoms with Crippen LogP contribution in [0.4, 0.5) is 0 Å². The Kier molecular flexibility index (Phi) is 7.72. The fourth-order valence-corrected chi connectivity index (χ4v) is 7.05. The quantitative estimate of drug-likeness (QED) is 0.162. The Bertz CT molecular complexity index is 3290. The summed E-state index contributed by atoms with van der Waals surface area (Å²) in [5.41, 5.74) is 6.62. The molecular formula is C52H48N3OPt-. The summed E-state index contributed by atoms with van der Waals surface area (Å²) >= 11 is 0. The summed E-state index contributed by atoms with van der Waals surface area (Å²) in [6, 6.07) is 28.4. The van der Waals surface area contributed by atoms with Gasteiger partial charge >= 0.3 is 0 Å². The van der Waals surface area contributed by atoms with Crippen LogP contribution in [0.25, 0.3) is 72.7 Å². The van der Waals surface area contributed by atoms with E-state index in [0.29, 0.717) is 39.1 Å². The van der Waals surface area contributed by atoms with E-state index >= 15 is 0 Å². The van der Waals surface area contributed by atoms with Crippen LogP contribution in [-0.2, 0) is 26.5 Å². The predicted octanol–water partition coefficient (Wildman–Crippen LogP) is 13.6. The summed E-state index contributed by atoms with van der Waals surface area (Å²) in [4.78, 5) is 9.75. The van der Waals surface area contributed by atoms with Crippen molar-refractivity contribution in [3.63, 3.8) is 0 Å². The Morgan fingerprint density at radius 3 is 2.25 bits per heavy atom. The Morgan fingerprint density at radius 2 is 1.53 bits per heavy atom. The number of pyridine rings is 1. The van der Waals surface area contributed by atoms with Crippen LogP contribution >= 0.6 is 0 Å². The number of nitrogens with zero attached hydrogens (tertiary/aromatic N) is 3. The number of aryl methyl sites for hydroxylation is 2. The predicted molar refractivity (Wildman–Crippen MR) is 234 cm³/mol. The van der Waals surface area contributed by atoms with Crippen molar-refractivity contribution in [3.05, 3.63) is 167 Å². The van der Waals surface area contributed by atoms with Crippen molar-refractivity contribution in [1.29, 1.82) is 0 Å². The van der Waals surface area contributed by atoms with Crippen LogP contribution in [0.1, 0.15) is 83.4 Å². The SMILES string of the molecule is [2H]c1nc(-c2[c-]c(-c3cccc4c3nc(-c3cc(C)cc(C)c3O)n4-c3ccc(C([2H])(C)C)cc3-c3ccccc3)cc(C(C)(C)C)c2)c([2H])c(-c2c([2H])c([2H])c(C([2H])([2H])[2H])c([2H])c2[2H])c1[2H].[Pt]. The minimum Gasteiger partial charge on any atom is -0.507 e. The molecule has 6 aromatic carbocycles. The number of benzene rings is 6. The molecule has 8 rings (SSSR count). The van der Waals surface area contributed by atoms with E-state index in [1.54, 1.807) is 6.07 Å². The average Bonchev–Trinajstić information content (AvgIpc) is 3.65. The number of hydrogen-bond acceptors (Lipinski definition) is 3.